The normalized spacial score (nSPS) is 13.9. The van der Waals surface area contributed by atoms with Gasteiger partial charge in [0.15, 0.2) is 0 Å². The molecule has 0 atom stereocenters. The summed E-state index contributed by atoms with van der Waals surface area (Å²) >= 11 is 0. The molecule has 0 amide bonds. The van der Waals surface area contributed by atoms with E-state index in [1.165, 1.54) is 67.2 Å². The summed E-state index contributed by atoms with van der Waals surface area (Å²) in [5.41, 5.74) is 5.47. The van der Waals surface area contributed by atoms with E-state index >= 15 is 0 Å². The Morgan fingerprint density at radius 3 is 2.50 bits per heavy atom. The number of hydrogen-bond donors (Lipinski definition) is 1. The van der Waals surface area contributed by atoms with Crippen LogP contribution in [-0.2, 0) is 25.7 Å². The highest BCUT2D eigenvalue weighted by Crippen LogP contribution is 2.36. The molecule has 0 aromatic heterocycles. The Morgan fingerprint density at radius 1 is 1.06 bits per heavy atom. The van der Waals surface area contributed by atoms with Crippen LogP contribution in [0.4, 0.5) is 0 Å². The van der Waals surface area contributed by atoms with Crippen LogP contribution in [0.1, 0.15) is 68.2 Å². The Balaban J connectivity index is 2.32. The van der Waals surface area contributed by atoms with E-state index in [1.807, 2.05) is 0 Å². The molecule has 1 aromatic rings. The maximum Gasteiger partial charge on any atom is 0.122 e. The second-order valence-electron chi connectivity index (χ2n) is 5.56. The Morgan fingerprint density at radius 2 is 1.78 bits per heavy atom. The first kappa shape index (κ1) is 13.5. The quantitative estimate of drug-likeness (QED) is 0.779. The molecule has 0 spiro atoms. The first-order valence-corrected chi connectivity index (χ1v) is 7.63. The zero-order chi connectivity index (χ0) is 13.0. The summed E-state index contributed by atoms with van der Waals surface area (Å²) in [6.07, 6.45) is 10.5. The SMILES string of the molecule is CCCCc1cc2c(c(CCCC)c1O)CCC2. The molecule has 0 heterocycles. The van der Waals surface area contributed by atoms with E-state index in [0.29, 0.717) is 5.75 Å². The molecule has 1 aliphatic rings. The zero-order valence-corrected chi connectivity index (χ0v) is 11.9. The van der Waals surface area contributed by atoms with Gasteiger partial charge >= 0.3 is 0 Å². The van der Waals surface area contributed by atoms with Crippen molar-refractivity contribution in [1.82, 2.24) is 0 Å². The highest BCUT2D eigenvalue weighted by molar-refractivity contribution is 5.51. The van der Waals surface area contributed by atoms with Crippen molar-refractivity contribution in [1.29, 1.82) is 0 Å². The lowest BCUT2D eigenvalue weighted by Gasteiger charge is -2.15. The predicted octanol–water partition coefficient (Wildman–Crippen LogP) is 4.57. The van der Waals surface area contributed by atoms with Gasteiger partial charge in [0.2, 0.25) is 0 Å². The molecule has 100 valence electrons. The molecule has 1 nitrogen and oxygen atoms in total. The van der Waals surface area contributed by atoms with E-state index in [2.05, 4.69) is 19.9 Å². The number of aryl methyl sites for hydroxylation is 2. The number of rotatable bonds is 6. The van der Waals surface area contributed by atoms with Crippen molar-refractivity contribution in [2.45, 2.75) is 71.6 Å². The van der Waals surface area contributed by atoms with E-state index in [0.717, 1.165) is 12.8 Å². The van der Waals surface area contributed by atoms with Crippen molar-refractivity contribution >= 4 is 0 Å². The third kappa shape index (κ3) is 2.71. The maximum atomic E-state index is 10.5. The molecule has 18 heavy (non-hydrogen) atoms. The van der Waals surface area contributed by atoms with Crippen LogP contribution in [0.3, 0.4) is 0 Å². The van der Waals surface area contributed by atoms with Crippen molar-refractivity contribution < 1.29 is 5.11 Å². The van der Waals surface area contributed by atoms with Crippen molar-refractivity contribution in [3.8, 4) is 5.75 Å². The van der Waals surface area contributed by atoms with Gasteiger partial charge in [-0.2, -0.15) is 0 Å². The fraction of sp³-hybridized carbons (Fsp3) is 0.647. The molecule has 0 saturated carbocycles. The van der Waals surface area contributed by atoms with E-state index in [4.69, 9.17) is 0 Å². The fourth-order valence-corrected chi connectivity index (χ4v) is 3.07. The van der Waals surface area contributed by atoms with Crippen molar-refractivity contribution in [2.75, 3.05) is 0 Å². The average Bonchev–Trinajstić information content (AvgIpc) is 2.83. The van der Waals surface area contributed by atoms with E-state index < -0.39 is 0 Å². The summed E-state index contributed by atoms with van der Waals surface area (Å²) < 4.78 is 0. The number of unbranched alkanes of at least 4 members (excludes halogenated alkanes) is 2. The number of benzene rings is 1. The Labute approximate surface area is 111 Å². The maximum absolute atomic E-state index is 10.5. The van der Waals surface area contributed by atoms with Gasteiger partial charge in [-0.1, -0.05) is 32.8 Å². The number of phenolic OH excluding ortho intramolecular Hbond substituents is 1. The monoisotopic (exact) mass is 246 g/mol. The van der Waals surface area contributed by atoms with Gasteiger partial charge in [-0.25, -0.2) is 0 Å². The summed E-state index contributed by atoms with van der Waals surface area (Å²) in [4.78, 5) is 0. The number of aromatic hydroxyl groups is 1. The molecule has 1 aliphatic carbocycles. The van der Waals surface area contributed by atoms with Gasteiger partial charge in [0.05, 0.1) is 0 Å². The van der Waals surface area contributed by atoms with Gasteiger partial charge < -0.3 is 5.11 Å². The van der Waals surface area contributed by atoms with E-state index in [9.17, 15) is 5.11 Å². The molecular weight excluding hydrogens is 220 g/mol. The second kappa shape index (κ2) is 6.26. The van der Waals surface area contributed by atoms with Gasteiger partial charge in [0.25, 0.3) is 0 Å². The highest BCUT2D eigenvalue weighted by atomic mass is 16.3. The summed E-state index contributed by atoms with van der Waals surface area (Å²) in [7, 11) is 0. The number of hydrogen-bond acceptors (Lipinski definition) is 1. The topological polar surface area (TPSA) is 20.2 Å². The third-order valence-corrected chi connectivity index (χ3v) is 4.14. The molecule has 0 aliphatic heterocycles. The lowest BCUT2D eigenvalue weighted by molar-refractivity contribution is 0.457. The van der Waals surface area contributed by atoms with Crippen LogP contribution in [0.2, 0.25) is 0 Å². The molecular formula is C17H26O. The molecule has 0 saturated heterocycles. The first-order chi connectivity index (χ1) is 8.77. The van der Waals surface area contributed by atoms with Gasteiger partial charge in [-0.3, -0.25) is 0 Å². The van der Waals surface area contributed by atoms with Crippen molar-refractivity contribution in [3.05, 3.63) is 28.3 Å². The fourth-order valence-electron chi connectivity index (χ4n) is 3.07. The van der Waals surface area contributed by atoms with Gasteiger partial charge in [-0.05, 0) is 67.2 Å². The van der Waals surface area contributed by atoms with Crippen LogP contribution in [-0.4, -0.2) is 5.11 Å². The minimum Gasteiger partial charge on any atom is -0.507 e. The second-order valence-corrected chi connectivity index (χ2v) is 5.56. The lowest BCUT2D eigenvalue weighted by Crippen LogP contribution is -1.99. The smallest absolute Gasteiger partial charge is 0.122 e. The molecule has 0 bridgehead atoms. The lowest BCUT2D eigenvalue weighted by atomic mass is 9.92. The summed E-state index contributed by atoms with van der Waals surface area (Å²) in [6.45, 7) is 4.43. The molecule has 1 heteroatoms. The molecule has 0 fully saturated rings. The minimum absolute atomic E-state index is 0.623. The van der Waals surface area contributed by atoms with Crippen molar-refractivity contribution in [2.24, 2.45) is 0 Å². The van der Waals surface area contributed by atoms with Gasteiger partial charge in [0.1, 0.15) is 5.75 Å². The predicted molar refractivity (Wildman–Crippen MR) is 77.4 cm³/mol. The van der Waals surface area contributed by atoms with Crippen molar-refractivity contribution in [3.63, 3.8) is 0 Å². The minimum atomic E-state index is 0.623. The average molecular weight is 246 g/mol. The van der Waals surface area contributed by atoms with Crippen LogP contribution >= 0.6 is 0 Å². The van der Waals surface area contributed by atoms with Gasteiger partial charge in [0, 0.05) is 0 Å². The first-order valence-electron chi connectivity index (χ1n) is 7.63. The zero-order valence-electron chi connectivity index (χ0n) is 11.9. The van der Waals surface area contributed by atoms with Crippen LogP contribution in [0, 0.1) is 0 Å². The van der Waals surface area contributed by atoms with Crippen LogP contribution in [0.5, 0.6) is 5.75 Å². The Bertz CT molecular complexity index is 407. The van der Waals surface area contributed by atoms with Gasteiger partial charge in [-0.15, -0.1) is 0 Å². The highest BCUT2D eigenvalue weighted by Gasteiger charge is 2.20. The summed E-state index contributed by atoms with van der Waals surface area (Å²) in [5.74, 6) is 0.623. The largest absolute Gasteiger partial charge is 0.507 e. The number of fused-ring (bicyclic) bond motifs is 1. The van der Waals surface area contributed by atoms with Crippen LogP contribution in [0.15, 0.2) is 6.07 Å². The van der Waals surface area contributed by atoms with E-state index in [-0.39, 0.29) is 0 Å². The molecule has 0 radical (unpaired) electrons. The third-order valence-electron chi connectivity index (χ3n) is 4.14. The molecule has 1 N–H and O–H groups in total. The Hall–Kier alpha value is -0.980. The molecule has 2 rings (SSSR count). The standard InChI is InChI=1S/C17H26O/c1-3-5-8-14-12-13-9-7-11-15(13)16(17(14)18)10-6-4-2/h12,18H,3-11H2,1-2H3. The number of phenols is 1. The summed E-state index contributed by atoms with van der Waals surface area (Å²) in [6, 6.07) is 2.28. The van der Waals surface area contributed by atoms with Crippen LogP contribution < -0.4 is 0 Å². The summed E-state index contributed by atoms with van der Waals surface area (Å²) in [5, 5.41) is 10.5. The molecule has 1 aromatic carbocycles. The van der Waals surface area contributed by atoms with Crippen LogP contribution in [0.25, 0.3) is 0 Å². The molecule has 0 unspecified atom stereocenters. The Kier molecular flexibility index (Phi) is 4.68. The van der Waals surface area contributed by atoms with E-state index in [1.54, 1.807) is 0 Å².